The van der Waals surface area contributed by atoms with E-state index in [0.29, 0.717) is 29.0 Å². The molecule has 0 saturated carbocycles. The number of aromatic amines is 1. The number of rotatable bonds is 8. The summed E-state index contributed by atoms with van der Waals surface area (Å²) in [5.74, 6) is -1.87. The third-order valence-corrected chi connectivity index (χ3v) is 6.36. The molecule has 0 radical (unpaired) electrons. The van der Waals surface area contributed by atoms with Crippen LogP contribution in [0.15, 0.2) is 53.3 Å². The molecule has 0 spiro atoms. The van der Waals surface area contributed by atoms with Gasteiger partial charge in [-0.2, -0.15) is 0 Å². The zero-order valence-corrected chi connectivity index (χ0v) is 20.0. The Kier molecular flexibility index (Phi) is 6.62. The summed E-state index contributed by atoms with van der Waals surface area (Å²) in [6, 6.07) is 10.6. The van der Waals surface area contributed by atoms with Gasteiger partial charge in [-0.3, -0.25) is 4.57 Å². The highest BCUT2D eigenvalue weighted by Crippen LogP contribution is 2.31. The minimum absolute atomic E-state index is 0.0337. The minimum Gasteiger partial charge on any atom is -0.491 e. The molecule has 11 heteroatoms. The number of imidazole rings is 1. The lowest BCUT2D eigenvalue weighted by Gasteiger charge is -2.19. The van der Waals surface area contributed by atoms with Crippen LogP contribution < -0.4 is 15.2 Å². The number of nitrogens with zero attached hydrogens (tertiary/aromatic N) is 2. The number of hydrogen-bond donors (Lipinski definition) is 1. The summed E-state index contributed by atoms with van der Waals surface area (Å²) in [4.78, 5) is 20.2. The van der Waals surface area contributed by atoms with Gasteiger partial charge in [0, 0.05) is 11.8 Å². The Morgan fingerprint density at radius 3 is 2.60 bits per heavy atom. The molecule has 2 aromatic heterocycles. The Hall–Kier alpha value is -3.73. The van der Waals surface area contributed by atoms with Gasteiger partial charge in [-0.25, -0.2) is 27.0 Å². The predicted octanol–water partition coefficient (Wildman–Crippen LogP) is 3.71. The highest BCUT2D eigenvalue weighted by atomic mass is 32.2. The summed E-state index contributed by atoms with van der Waals surface area (Å²) in [5.41, 5.74) is 0.784. The fraction of sp³-hybridized carbons (Fsp3) is 0.250. The average Bonchev–Trinajstić information content (AvgIpc) is 3.13. The molecule has 0 unspecified atom stereocenters. The highest BCUT2D eigenvalue weighted by molar-refractivity contribution is 7.90. The van der Waals surface area contributed by atoms with Crippen molar-refractivity contribution in [1.82, 2.24) is 14.5 Å². The first kappa shape index (κ1) is 24.4. The first-order chi connectivity index (χ1) is 16.6. The average molecular weight is 504 g/mol. The number of aromatic nitrogens is 3. The number of nitrogens with one attached hydrogen (secondary N) is 1. The van der Waals surface area contributed by atoms with E-state index < -0.39 is 39.0 Å². The molecule has 1 atom stereocenters. The molecule has 8 nitrogen and oxygen atoms in total. The fourth-order valence-electron chi connectivity index (χ4n) is 3.94. The van der Waals surface area contributed by atoms with E-state index in [2.05, 4.69) is 9.97 Å². The Labute approximate surface area is 200 Å². The van der Waals surface area contributed by atoms with Gasteiger partial charge in [0.2, 0.25) is 0 Å². The number of pyridine rings is 1. The van der Waals surface area contributed by atoms with Gasteiger partial charge in [-0.15, -0.1) is 0 Å². The normalized spacial score (nSPS) is 12.6. The monoisotopic (exact) mass is 503 g/mol. The van der Waals surface area contributed by atoms with Gasteiger partial charge in [-0.1, -0.05) is 18.2 Å². The maximum Gasteiger partial charge on any atom is 0.327 e. The summed E-state index contributed by atoms with van der Waals surface area (Å²) >= 11 is 0. The first-order valence-corrected chi connectivity index (χ1v) is 12.7. The van der Waals surface area contributed by atoms with Crippen LogP contribution in [0.5, 0.6) is 11.6 Å². The molecule has 35 heavy (non-hydrogen) atoms. The van der Waals surface area contributed by atoms with Crippen molar-refractivity contribution < 1.29 is 26.7 Å². The summed E-state index contributed by atoms with van der Waals surface area (Å²) in [7, 11) is -2.11. The van der Waals surface area contributed by atoms with Gasteiger partial charge in [0.05, 0.1) is 42.2 Å². The van der Waals surface area contributed by atoms with Crippen molar-refractivity contribution in [2.75, 3.05) is 25.7 Å². The molecule has 0 fully saturated rings. The van der Waals surface area contributed by atoms with E-state index in [0.717, 1.165) is 12.3 Å². The molecule has 2 heterocycles. The van der Waals surface area contributed by atoms with Crippen LogP contribution in [-0.4, -0.2) is 48.7 Å². The maximum atomic E-state index is 14.3. The summed E-state index contributed by atoms with van der Waals surface area (Å²) in [5, 5.41) is 0. The fourth-order valence-corrected chi connectivity index (χ4v) is 4.83. The summed E-state index contributed by atoms with van der Waals surface area (Å²) in [6.45, 7) is 2.07. The van der Waals surface area contributed by atoms with E-state index in [4.69, 9.17) is 9.47 Å². The molecule has 1 N–H and O–H groups in total. The van der Waals surface area contributed by atoms with E-state index in [1.807, 2.05) is 0 Å². The molecule has 0 aliphatic rings. The largest absolute Gasteiger partial charge is 0.491 e. The maximum absolute atomic E-state index is 14.3. The van der Waals surface area contributed by atoms with Crippen molar-refractivity contribution in [3.63, 3.8) is 0 Å². The lowest BCUT2D eigenvalue weighted by Crippen LogP contribution is -2.29. The zero-order chi connectivity index (χ0) is 25.3. The second-order valence-electron chi connectivity index (χ2n) is 7.92. The molecule has 4 aromatic rings. The minimum atomic E-state index is -3.56. The van der Waals surface area contributed by atoms with Gasteiger partial charge >= 0.3 is 5.69 Å². The number of methoxy groups -OCH3 is 1. The molecule has 0 aliphatic heterocycles. The second-order valence-corrected chi connectivity index (χ2v) is 10.1. The van der Waals surface area contributed by atoms with Crippen molar-refractivity contribution in [2.45, 2.75) is 13.0 Å². The molecule has 0 bridgehead atoms. The van der Waals surface area contributed by atoms with Gasteiger partial charge < -0.3 is 14.5 Å². The van der Waals surface area contributed by atoms with Crippen LogP contribution in [0.2, 0.25) is 0 Å². The number of H-pyrrole nitrogens is 1. The lowest BCUT2D eigenvalue weighted by molar-refractivity contribution is 0.296. The first-order valence-electron chi connectivity index (χ1n) is 10.7. The van der Waals surface area contributed by atoms with Gasteiger partial charge in [0.15, 0.2) is 17.4 Å². The van der Waals surface area contributed by atoms with Crippen LogP contribution >= 0.6 is 0 Å². The van der Waals surface area contributed by atoms with Crippen molar-refractivity contribution in [3.8, 4) is 22.8 Å². The number of ether oxygens (including phenoxy) is 2. The van der Waals surface area contributed by atoms with Crippen molar-refractivity contribution >= 4 is 20.9 Å². The van der Waals surface area contributed by atoms with Crippen molar-refractivity contribution in [3.05, 3.63) is 76.3 Å². The number of hydrogen-bond acceptors (Lipinski definition) is 6. The molecule has 0 aliphatic carbocycles. The lowest BCUT2D eigenvalue weighted by atomic mass is 10.0. The van der Waals surface area contributed by atoms with Crippen LogP contribution in [0.1, 0.15) is 18.7 Å². The Bertz CT molecular complexity index is 1560. The third kappa shape index (κ3) is 4.90. The molecule has 184 valence electrons. The highest BCUT2D eigenvalue weighted by Gasteiger charge is 2.26. The van der Waals surface area contributed by atoms with E-state index >= 15 is 0 Å². The zero-order valence-electron chi connectivity index (χ0n) is 19.2. The summed E-state index contributed by atoms with van der Waals surface area (Å²) in [6.07, 6.45) is 1.07. The molecule has 0 saturated heterocycles. The van der Waals surface area contributed by atoms with Crippen LogP contribution in [0.4, 0.5) is 8.78 Å². The van der Waals surface area contributed by atoms with Crippen molar-refractivity contribution in [2.24, 2.45) is 0 Å². The van der Waals surface area contributed by atoms with Crippen LogP contribution in [0.3, 0.4) is 0 Å². The van der Waals surface area contributed by atoms with E-state index in [-0.39, 0.29) is 17.1 Å². The Morgan fingerprint density at radius 1 is 1.14 bits per heavy atom. The standard InChI is InChI=1S/C24H23F2N3O5S/c1-4-34-23-21(33-2)11-9-17(27-23)20(13-35(3,31)32)29-19-10-8-14(12-18(19)28-24(29)30)15-6-5-7-16(25)22(15)26/h5-12,20H,4,13H2,1-3H3,(H,28,30)/t20-/m1/s1. The Balaban J connectivity index is 1.89. The quantitative estimate of drug-likeness (QED) is 0.393. The third-order valence-electron chi connectivity index (χ3n) is 5.44. The second kappa shape index (κ2) is 9.49. The molecular formula is C24H23F2N3O5S. The van der Waals surface area contributed by atoms with Gasteiger partial charge in [-0.05, 0) is 42.8 Å². The predicted molar refractivity (Wildman–Crippen MR) is 128 cm³/mol. The van der Waals surface area contributed by atoms with Gasteiger partial charge in [0.1, 0.15) is 9.84 Å². The number of halogens is 2. The SMILES string of the molecule is CCOc1nc([C@@H](CS(C)(=O)=O)n2c(=O)[nH]c3cc(-c4cccc(F)c4F)ccc32)ccc1OC. The van der Waals surface area contributed by atoms with Crippen molar-refractivity contribution in [1.29, 1.82) is 0 Å². The van der Waals surface area contributed by atoms with E-state index in [9.17, 15) is 22.0 Å². The number of sulfone groups is 1. The topological polar surface area (TPSA) is 103 Å². The van der Waals surface area contributed by atoms with E-state index in [1.54, 1.807) is 25.1 Å². The smallest absolute Gasteiger partial charge is 0.327 e. The van der Waals surface area contributed by atoms with Gasteiger partial charge in [0.25, 0.3) is 5.88 Å². The molecule has 2 aromatic carbocycles. The number of benzene rings is 2. The van der Waals surface area contributed by atoms with Crippen LogP contribution in [-0.2, 0) is 9.84 Å². The molecule has 4 rings (SSSR count). The Morgan fingerprint density at radius 2 is 1.91 bits per heavy atom. The summed E-state index contributed by atoms with van der Waals surface area (Å²) < 4.78 is 64.7. The molecular weight excluding hydrogens is 480 g/mol. The number of fused-ring (bicyclic) bond motifs is 1. The van der Waals surface area contributed by atoms with Crippen LogP contribution in [0, 0.1) is 11.6 Å². The van der Waals surface area contributed by atoms with E-state index in [1.165, 1.54) is 35.9 Å². The van der Waals surface area contributed by atoms with Crippen LogP contribution in [0.25, 0.3) is 22.2 Å². The molecule has 0 amide bonds.